The zero-order valence-electron chi connectivity index (χ0n) is 19.7. The van der Waals surface area contributed by atoms with Crippen LogP contribution in [0, 0.1) is 5.92 Å². The highest BCUT2D eigenvalue weighted by atomic mass is 16.5. The second-order valence-electron chi connectivity index (χ2n) is 9.27. The summed E-state index contributed by atoms with van der Waals surface area (Å²) in [5.74, 6) is 2.63. The Morgan fingerprint density at radius 3 is 1.88 bits per heavy atom. The lowest BCUT2D eigenvalue weighted by molar-refractivity contribution is 0.155. The highest BCUT2D eigenvalue weighted by molar-refractivity contribution is 5.85. The predicted octanol–water partition coefficient (Wildman–Crippen LogP) is 6.75. The molecule has 1 aliphatic rings. The molecule has 4 aromatic carbocycles. The molecule has 3 nitrogen and oxygen atoms in total. The third kappa shape index (κ3) is 6.18. The highest BCUT2D eigenvalue weighted by Crippen LogP contribution is 2.26. The number of hydrogen-bond acceptors (Lipinski definition) is 3. The van der Waals surface area contributed by atoms with Gasteiger partial charge in [0.05, 0.1) is 0 Å². The summed E-state index contributed by atoms with van der Waals surface area (Å²) < 4.78 is 12.1. The lowest BCUT2D eigenvalue weighted by atomic mass is 9.90. The van der Waals surface area contributed by atoms with Gasteiger partial charge in [0.2, 0.25) is 0 Å². The normalized spacial score (nSPS) is 14.8. The Kier molecular flexibility index (Phi) is 7.42. The average molecular weight is 452 g/mol. The number of hydrogen-bond donors (Lipinski definition) is 0. The van der Waals surface area contributed by atoms with E-state index in [1.165, 1.54) is 54.3 Å². The average Bonchev–Trinajstić information content (AvgIpc) is 2.90. The molecule has 0 saturated carbocycles. The fourth-order valence-corrected chi connectivity index (χ4v) is 4.78. The van der Waals surface area contributed by atoms with Crippen molar-refractivity contribution in [2.45, 2.75) is 25.9 Å². The van der Waals surface area contributed by atoms with Crippen LogP contribution in [0.1, 0.15) is 24.0 Å². The third-order valence-electron chi connectivity index (χ3n) is 6.78. The zero-order valence-corrected chi connectivity index (χ0v) is 19.7. The van der Waals surface area contributed by atoms with Gasteiger partial charge < -0.3 is 9.47 Å². The zero-order chi connectivity index (χ0) is 23.0. The SMILES string of the molecule is c1ccc(COc2ccc3cc(OCCN4CCC(Cc5ccccc5)CC4)ccc3c2)cc1. The van der Waals surface area contributed by atoms with Crippen LogP contribution in [0.15, 0.2) is 97.1 Å². The number of rotatable bonds is 9. The van der Waals surface area contributed by atoms with Crippen molar-refractivity contribution in [1.29, 1.82) is 0 Å². The Morgan fingerprint density at radius 2 is 1.24 bits per heavy atom. The van der Waals surface area contributed by atoms with Gasteiger partial charge in [0, 0.05) is 6.54 Å². The van der Waals surface area contributed by atoms with E-state index >= 15 is 0 Å². The maximum atomic E-state index is 6.10. The lowest BCUT2D eigenvalue weighted by Gasteiger charge is -2.31. The van der Waals surface area contributed by atoms with Crippen LogP contribution in [0.4, 0.5) is 0 Å². The maximum absolute atomic E-state index is 6.10. The van der Waals surface area contributed by atoms with Crippen molar-refractivity contribution in [2.24, 2.45) is 5.92 Å². The molecule has 34 heavy (non-hydrogen) atoms. The van der Waals surface area contributed by atoms with Crippen LogP contribution in [0.3, 0.4) is 0 Å². The molecule has 0 unspecified atom stereocenters. The minimum atomic E-state index is 0.580. The smallest absolute Gasteiger partial charge is 0.120 e. The molecule has 1 aliphatic heterocycles. The van der Waals surface area contributed by atoms with E-state index < -0.39 is 0 Å². The van der Waals surface area contributed by atoms with E-state index in [9.17, 15) is 0 Å². The van der Waals surface area contributed by atoms with Gasteiger partial charge >= 0.3 is 0 Å². The maximum Gasteiger partial charge on any atom is 0.120 e. The van der Waals surface area contributed by atoms with E-state index in [1.807, 2.05) is 24.3 Å². The third-order valence-corrected chi connectivity index (χ3v) is 6.78. The molecule has 5 rings (SSSR count). The molecule has 0 amide bonds. The molecule has 174 valence electrons. The number of fused-ring (bicyclic) bond motifs is 1. The van der Waals surface area contributed by atoms with Gasteiger partial charge in [-0.3, -0.25) is 4.90 Å². The van der Waals surface area contributed by atoms with Crippen LogP contribution < -0.4 is 9.47 Å². The summed E-state index contributed by atoms with van der Waals surface area (Å²) in [4.78, 5) is 2.54. The van der Waals surface area contributed by atoms with Gasteiger partial charge in [-0.05, 0) is 84.4 Å². The van der Waals surface area contributed by atoms with Crippen LogP contribution in [-0.2, 0) is 13.0 Å². The summed E-state index contributed by atoms with van der Waals surface area (Å²) in [6.45, 7) is 4.64. The molecule has 0 aliphatic carbocycles. The minimum Gasteiger partial charge on any atom is -0.492 e. The van der Waals surface area contributed by atoms with Gasteiger partial charge in [0.15, 0.2) is 0 Å². The topological polar surface area (TPSA) is 21.7 Å². The predicted molar refractivity (Wildman–Crippen MR) is 140 cm³/mol. The van der Waals surface area contributed by atoms with Crippen molar-refractivity contribution in [2.75, 3.05) is 26.2 Å². The molecule has 0 atom stereocenters. The molecule has 1 fully saturated rings. The Morgan fingerprint density at radius 1 is 0.647 bits per heavy atom. The lowest BCUT2D eigenvalue weighted by Crippen LogP contribution is -2.37. The number of ether oxygens (including phenoxy) is 2. The number of nitrogens with zero attached hydrogens (tertiary/aromatic N) is 1. The quantitative estimate of drug-likeness (QED) is 0.281. The van der Waals surface area contributed by atoms with Crippen molar-refractivity contribution >= 4 is 10.8 Å². The van der Waals surface area contributed by atoms with Crippen molar-refractivity contribution in [1.82, 2.24) is 4.90 Å². The first-order valence-electron chi connectivity index (χ1n) is 12.4. The monoisotopic (exact) mass is 451 g/mol. The largest absolute Gasteiger partial charge is 0.492 e. The Balaban J connectivity index is 1.07. The summed E-state index contributed by atoms with van der Waals surface area (Å²) in [6.07, 6.45) is 3.76. The highest BCUT2D eigenvalue weighted by Gasteiger charge is 2.19. The first-order valence-corrected chi connectivity index (χ1v) is 12.4. The molecule has 1 heterocycles. The van der Waals surface area contributed by atoms with Gasteiger partial charge in [-0.2, -0.15) is 0 Å². The molecular formula is C31H33NO2. The van der Waals surface area contributed by atoms with Crippen molar-refractivity contribution in [3.63, 3.8) is 0 Å². The molecule has 0 spiro atoms. The Labute approximate surface area is 202 Å². The summed E-state index contributed by atoms with van der Waals surface area (Å²) >= 11 is 0. The second kappa shape index (κ2) is 11.2. The van der Waals surface area contributed by atoms with E-state index in [0.29, 0.717) is 6.61 Å². The first-order chi connectivity index (χ1) is 16.8. The van der Waals surface area contributed by atoms with Crippen LogP contribution >= 0.6 is 0 Å². The molecule has 0 bridgehead atoms. The van der Waals surface area contributed by atoms with Crippen LogP contribution in [0.25, 0.3) is 10.8 Å². The van der Waals surface area contributed by atoms with Gasteiger partial charge in [-0.25, -0.2) is 0 Å². The van der Waals surface area contributed by atoms with E-state index in [1.54, 1.807) is 0 Å². The van der Waals surface area contributed by atoms with E-state index in [0.717, 1.165) is 30.6 Å². The number of piperidine rings is 1. The molecular weight excluding hydrogens is 418 g/mol. The van der Waals surface area contributed by atoms with E-state index in [2.05, 4.69) is 77.7 Å². The van der Waals surface area contributed by atoms with Gasteiger partial charge in [0.1, 0.15) is 24.7 Å². The Hall–Kier alpha value is -3.30. The number of likely N-dealkylation sites (tertiary alicyclic amines) is 1. The standard InChI is InChI=1S/C31H33NO2/c1-3-7-25(8-4-1)21-26-15-17-32(18-16-26)19-20-33-30-13-11-29-23-31(14-12-28(29)22-30)34-24-27-9-5-2-6-10-27/h1-14,22-23,26H,15-21,24H2. The fraction of sp³-hybridized carbons (Fsp3) is 0.290. The van der Waals surface area contributed by atoms with Crippen LogP contribution in [0.2, 0.25) is 0 Å². The summed E-state index contributed by atoms with van der Waals surface area (Å²) in [5.41, 5.74) is 2.64. The first kappa shape index (κ1) is 22.5. The molecule has 3 heteroatoms. The fourth-order valence-electron chi connectivity index (χ4n) is 4.78. The molecule has 0 radical (unpaired) electrons. The minimum absolute atomic E-state index is 0.580. The molecule has 1 saturated heterocycles. The molecule has 0 aromatic heterocycles. The van der Waals surface area contributed by atoms with Gasteiger partial charge in [-0.15, -0.1) is 0 Å². The van der Waals surface area contributed by atoms with E-state index in [-0.39, 0.29) is 0 Å². The van der Waals surface area contributed by atoms with Crippen molar-refractivity contribution < 1.29 is 9.47 Å². The summed E-state index contributed by atoms with van der Waals surface area (Å²) in [5, 5.41) is 2.34. The van der Waals surface area contributed by atoms with Crippen molar-refractivity contribution in [3.05, 3.63) is 108 Å². The van der Waals surface area contributed by atoms with Gasteiger partial charge in [0.25, 0.3) is 0 Å². The number of benzene rings is 4. The van der Waals surface area contributed by atoms with Crippen LogP contribution in [-0.4, -0.2) is 31.1 Å². The molecule has 0 N–H and O–H groups in total. The van der Waals surface area contributed by atoms with E-state index in [4.69, 9.17) is 9.47 Å². The summed E-state index contributed by atoms with van der Waals surface area (Å²) in [7, 11) is 0. The van der Waals surface area contributed by atoms with Crippen LogP contribution in [0.5, 0.6) is 11.5 Å². The second-order valence-corrected chi connectivity index (χ2v) is 9.27. The van der Waals surface area contributed by atoms with Gasteiger partial charge in [-0.1, -0.05) is 72.8 Å². The van der Waals surface area contributed by atoms with Crippen molar-refractivity contribution in [3.8, 4) is 11.5 Å². The Bertz CT molecular complexity index is 1170. The summed E-state index contributed by atoms with van der Waals surface area (Å²) in [6, 6.07) is 33.7. The molecule has 4 aromatic rings.